The first-order valence-electron chi connectivity index (χ1n) is 9.38. The molecule has 0 atom stereocenters. The second-order valence-electron chi connectivity index (χ2n) is 6.93. The van der Waals surface area contributed by atoms with Crippen molar-refractivity contribution in [3.05, 3.63) is 51.7 Å². The molecule has 1 aliphatic carbocycles. The third-order valence-corrected chi connectivity index (χ3v) is 6.33. The van der Waals surface area contributed by atoms with Crippen molar-refractivity contribution in [2.24, 2.45) is 0 Å². The number of benzene rings is 1. The molecule has 0 spiro atoms. The highest BCUT2D eigenvalue weighted by Crippen LogP contribution is 2.32. The van der Waals surface area contributed by atoms with Gasteiger partial charge >= 0.3 is 5.69 Å². The first kappa shape index (κ1) is 19.9. The molecule has 7 nitrogen and oxygen atoms in total. The molecule has 1 N–H and O–H groups in total. The number of nitrogens with zero attached hydrogens (tertiary/aromatic N) is 4. The highest BCUT2D eigenvalue weighted by Gasteiger charge is 2.17. The largest absolute Gasteiger partial charge is 0.367 e. The summed E-state index contributed by atoms with van der Waals surface area (Å²) in [5, 5.41) is 12.5. The van der Waals surface area contributed by atoms with Crippen molar-refractivity contribution in [1.82, 2.24) is 19.4 Å². The zero-order valence-corrected chi connectivity index (χ0v) is 17.0. The van der Waals surface area contributed by atoms with Gasteiger partial charge in [0.2, 0.25) is 5.91 Å². The van der Waals surface area contributed by atoms with Crippen molar-refractivity contribution < 1.29 is 9.18 Å². The third-order valence-electron chi connectivity index (χ3n) is 4.75. The monoisotopic (exact) mass is 435 g/mol. The van der Waals surface area contributed by atoms with Gasteiger partial charge in [0.1, 0.15) is 17.4 Å². The van der Waals surface area contributed by atoms with Crippen LogP contribution >= 0.6 is 23.4 Å². The van der Waals surface area contributed by atoms with Crippen molar-refractivity contribution in [3.8, 4) is 0 Å². The summed E-state index contributed by atoms with van der Waals surface area (Å²) in [6.45, 7) is -0.305. The molecule has 0 aliphatic heterocycles. The smallest absolute Gasteiger partial charge is 0.323 e. The van der Waals surface area contributed by atoms with Gasteiger partial charge in [-0.2, -0.15) is 9.61 Å². The Morgan fingerprint density at radius 3 is 2.76 bits per heavy atom. The lowest BCUT2D eigenvalue weighted by Gasteiger charge is -2.20. The van der Waals surface area contributed by atoms with E-state index in [2.05, 4.69) is 15.5 Å². The van der Waals surface area contributed by atoms with Crippen LogP contribution in [0.4, 0.5) is 10.1 Å². The Bertz CT molecular complexity index is 1110. The minimum atomic E-state index is -0.502. The van der Waals surface area contributed by atoms with E-state index in [1.807, 2.05) is 6.07 Å². The number of fused-ring (bicyclic) bond motifs is 1. The van der Waals surface area contributed by atoms with Gasteiger partial charge in [0.05, 0.1) is 10.7 Å². The van der Waals surface area contributed by atoms with Gasteiger partial charge in [0.15, 0.2) is 5.65 Å². The lowest BCUT2D eigenvalue weighted by molar-refractivity contribution is -0.117. The summed E-state index contributed by atoms with van der Waals surface area (Å²) in [6, 6.07) is 7.23. The number of thioether (sulfide) groups is 1. The molecule has 1 amide bonds. The second kappa shape index (κ2) is 8.54. The van der Waals surface area contributed by atoms with Crippen LogP contribution in [0.25, 0.3) is 5.65 Å². The summed E-state index contributed by atoms with van der Waals surface area (Å²) in [7, 11) is 0. The molecule has 152 valence electrons. The molecular formula is C19H19ClFN5O2S. The van der Waals surface area contributed by atoms with E-state index in [9.17, 15) is 14.0 Å². The van der Waals surface area contributed by atoms with Crippen LogP contribution in [0.3, 0.4) is 0 Å². The molecule has 1 aliphatic rings. The first-order valence-corrected chi connectivity index (χ1v) is 10.6. The van der Waals surface area contributed by atoms with Crippen molar-refractivity contribution in [2.45, 2.75) is 48.9 Å². The van der Waals surface area contributed by atoms with E-state index in [-0.39, 0.29) is 17.3 Å². The highest BCUT2D eigenvalue weighted by molar-refractivity contribution is 7.99. The minimum absolute atomic E-state index is 0.0757. The number of amides is 1. The van der Waals surface area contributed by atoms with E-state index in [0.29, 0.717) is 10.9 Å². The van der Waals surface area contributed by atoms with Gasteiger partial charge in [-0.05, 0) is 43.2 Å². The van der Waals surface area contributed by atoms with E-state index >= 15 is 0 Å². The number of anilines is 1. The minimum Gasteiger partial charge on any atom is -0.323 e. The van der Waals surface area contributed by atoms with Gasteiger partial charge in [0, 0.05) is 5.25 Å². The molecule has 1 aromatic carbocycles. The summed E-state index contributed by atoms with van der Waals surface area (Å²) in [5.41, 5.74) is 0.140. The predicted molar refractivity (Wildman–Crippen MR) is 110 cm³/mol. The summed E-state index contributed by atoms with van der Waals surface area (Å²) in [4.78, 5) is 24.9. The van der Waals surface area contributed by atoms with Gasteiger partial charge < -0.3 is 5.32 Å². The molecule has 10 heteroatoms. The zero-order valence-electron chi connectivity index (χ0n) is 15.5. The first-order chi connectivity index (χ1) is 14.0. The van der Waals surface area contributed by atoms with Crippen molar-refractivity contribution in [3.63, 3.8) is 0 Å². The van der Waals surface area contributed by atoms with E-state index in [1.54, 1.807) is 17.8 Å². The van der Waals surface area contributed by atoms with Gasteiger partial charge in [-0.3, -0.25) is 4.79 Å². The number of carbonyl (C=O) groups excluding carboxylic acids is 1. The normalized spacial score (nSPS) is 15.0. The maximum atomic E-state index is 13.1. The van der Waals surface area contributed by atoms with E-state index in [1.165, 1.54) is 35.9 Å². The van der Waals surface area contributed by atoms with Gasteiger partial charge in [-0.15, -0.1) is 16.9 Å². The van der Waals surface area contributed by atoms with Crippen LogP contribution in [0.15, 0.2) is 40.2 Å². The molecule has 2 heterocycles. The fourth-order valence-corrected chi connectivity index (χ4v) is 4.73. The molecule has 0 saturated heterocycles. The molecule has 0 radical (unpaired) electrons. The predicted octanol–water partition coefficient (Wildman–Crippen LogP) is 3.75. The Kier molecular flexibility index (Phi) is 5.86. The standard InChI is InChI=1S/C19H19ClFN5O2S/c20-14-10-12(21)6-7-15(14)22-17(27)11-25-19(28)26-16(23-25)8-9-18(24-26)29-13-4-2-1-3-5-13/h6-10,13H,1-5,11H2,(H,22,27). The topological polar surface area (TPSA) is 81.3 Å². The van der Waals surface area contributed by atoms with E-state index < -0.39 is 17.4 Å². The van der Waals surface area contributed by atoms with Crippen LogP contribution in [0, 0.1) is 5.82 Å². The highest BCUT2D eigenvalue weighted by atomic mass is 35.5. The summed E-state index contributed by atoms with van der Waals surface area (Å²) in [5.74, 6) is -1.00. The Morgan fingerprint density at radius 1 is 1.21 bits per heavy atom. The molecule has 0 unspecified atom stereocenters. The Labute approximate surface area is 175 Å². The van der Waals surface area contributed by atoms with Crippen LogP contribution in [0.2, 0.25) is 5.02 Å². The van der Waals surface area contributed by atoms with Crippen molar-refractivity contribution in [1.29, 1.82) is 0 Å². The molecular weight excluding hydrogens is 417 g/mol. The Morgan fingerprint density at radius 2 is 2.00 bits per heavy atom. The maximum absolute atomic E-state index is 13.1. The van der Waals surface area contributed by atoms with Crippen molar-refractivity contribution >= 4 is 40.6 Å². The fourth-order valence-electron chi connectivity index (χ4n) is 3.33. The molecule has 3 aromatic rings. The van der Waals surface area contributed by atoms with Gasteiger partial charge in [-0.25, -0.2) is 13.9 Å². The van der Waals surface area contributed by atoms with Crippen LogP contribution < -0.4 is 11.0 Å². The number of hydrogen-bond donors (Lipinski definition) is 1. The number of carbonyl (C=O) groups is 1. The Hall–Kier alpha value is -2.39. The van der Waals surface area contributed by atoms with Crippen LogP contribution in [0.1, 0.15) is 32.1 Å². The molecule has 2 aromatic heterocycles. The third kappa shape index (κ3) is 4.62. The fraction of sp³-hybridized carbons (Fsp3) is 0.368. The zero-order chi connectivity index (χ0) is 20.4. The number of halogens is 2. The van der Waals surface area contributed by atoms with Crippen LogP contribution in [-0.2, 0) is 11.3 Å². The van der Waals surface area contributed by atoms with Crippen molar-refractivity contribution in [2.75, 3.05) is 5.32 Å². The summed E-state index contributed by atoms with van der Waals surface area (Å²) < 4.78 is 15.4. The quantitative estimate of drug-likeness (QED) is 0.660. The summed E-state index contributed by atoms with van der Waals surface area (Å²) in [6.07, 6.45) is 6.05. The summed E-state index contributed by atoms with van der Waals surface area (Å²) >= 11 is 7.60. The average Bonchev–Trinajstić information content (AvgIpc) is 3.00. The van der Waals surface area contributed by atoms with E-state index in [4.69, 9.17) is 11.6 Å². The molecule has 0 bridgehead atoms. The lowest BCUT2D eigenvalue weighted by Crippen LogP contribution is -2.29. The average molecular weight is 436 g/mol. The maximum Gasteiger partial charge on any atom is 0.367 e. The number of rotatable bonds is 5. The SMILES string of the molecule is O=C(Cn1nc2ccc(SC3CCCCC3)nn2c1=O)Nc1ccc(F)cc1Cl. The number of aromatic nitrogens is 4. The van der Waals surface area contributed by atoms with Crippen LogP contribution in [-0.4, -0.2) is 30.6 Å². The van der Waals surface area contributed by atoms with Gasteiger partial charge in [0.25, 0.3) is 0 Å². The molecule has 1 saturated carbocycles. The second-order valence-corrected chi connectivity index (χ2v) is 8.66. The molecule has 1 fully saturated rings. The number of hydrogen-bond acceptors (Lipinski definition) is 5. The number of nitrogens with one attached hydrogen (secondary N) is 1. The van der Waals surface area contributed by atoms with Crippen LogP contribution in [0.5, 0.6) is 0 Å². The Balaban J connectivity index is 1.49. The molecule has 29 heavy (non-hydrogen) atoms. The molecule has 4 rings (SSSR count). The van der Waals surface area contributed by atoms with Gasteiger partial charge in [-0.1, -0.05) is 30.9 Å². The van der Waals surface area contributed by atoms with E-state index in [0.717, 1.165) is 28.6 Å². The lowest BCUT2D eigenvalue weighted by atomic mass is 10.0.